The molecule has 30 heavy (non-hydrogen) atoms. The zero-order chi connectivity index (χ0) is 21.7. The van der Waals surface area contributed by atoms with Gasteiger partial charge in [-0.3, -0.25) is 10.1 Å². The number of halogens is 3. The molecule has 2 aromatic carbocycles. The maximum atomic E-state index is 12.8. The molecule has 160 valence electrons. The van der Waals surface area contributed by atoms with Crippen LogP contribution >= 0.6 is 0 Å². The van der Waals surface area contributed by atoms with Crippen LogP contribution in [0.15, 0.2) is 47.5 Å². The number of ether oxygens (including phenoxy) is 1. The van der Waals surface area contributed by atoms with Gasteiger partial charge >= 0.3 is 6.18 Å². The summed E-state index contributed by atoms with van der Waals surface area (Å²) in [5.41, 5.74) is 2.17. The van der Waals surface area contributed by atoms with E-state index in [0.29, 0.717) is 13.2 Å². The highest BCUT2D eigenvalue weighted by atomic mass is 19.4. The summed E-state index contributed by atoms with van der Waals surface area (Å²) in [4.78, 5) is 17.1. The number of amides is 1. The Morgan fingerprint density at radius 3 is 2.53 bits per heavy atom. The molecule has 0 saturated carbocycles. The van der Waals surface area contributed by atoms with Crippen molar-refractivity contribution in [2.24, 2.45) is 4.99 Å². The molecule has 0 radical (unpaired) electrons. The average molecular weight is 419 g/mol. The van der Waals surface area contributed by atoms with Crippen molar-refractivity contribution in [3.05, 3.63) is 64.7 Å². The number of carbonyl (C=O) groups excluding carboxylic acids is 1. The first-order chi connectivity index (χ1) is 14.2. The van der Waals surface area contributed by atoms with E-state index in [-0.39, 0.29) is 17.6 Å². The van der Waals surface area contributed by atoms with E-state index < -0.39 is 17.6 Å². The Morgan fingerprint density at radius 1 is 1.17 bits per heavy atom. The number of hydrogen-bond acceptors (Lipinski definition) is 3. The molecule has 1 aliphatic heterocycles. The first kappa shape index (κ1) is 21.8. The van der Waals surface area contributed by atoms with E-state index in [1.165, 1.54) is 0 Å². The van der Waals surface area contributed by atoms with E-state index in [1.807, 2.05) is 32.0 Å². The van der Waals surface area contributed by atoms with Crippen LogP contribution < -0.4 is 10.6 Å². The largest absolute Gasteiger partial charge is 0.416 e. The number of anilines is 1. The van der Waals surface area contributed by atoms with E-state index >= 15 is 0 Å². The zero-order valence-electron chi connectivity index (χ0n) is 16.8. The number of aliphatic imine (C=N–C) groups is 1. The SMILES string of the molecule is Cc1cccc(NC(=NC[C@@H]2CCCO2)NC(=O)c2ccc(C(F)(F)F)cc2)c1C. The normalized spacial score (nSPS) is 17.1. The number of aryl methyl sites for hydroxylation is 1. The fraction of sp³-hybridized carbons (Fsp3) is 0.364. The summed E-state index contributed by atoms with van der Waals surface area (Å²) >= 11 is 0. The molecule has 3 rings (SSSR count). The van der Waals surface area contributed by atoms with Crippen molar-refractivity contribution in [2.45, 2.75) is 39.0 Å². The summed E-state index contributed by atoms with van der Waals surface area (Å²) in [6.07, 6.45) is -2.60. The van der Waals surface area contributed by atoms with Gasteiger partial charge in [-0.15, -0.1) is 0 Å². The summed E-state index contributed by atoms with van der Waals surface area (Å²) in [6, 6.07) is 9.80. The van der Waals surface area contributed by atoms with Crippen molar-refractivity contribution in [1.82, 2.24) is 5.32 Å². The molecule has 0 aromatic heterocycles. The van der Waals surface area contributed by atoms with Gasteiger partial charge in [-0.05, 0) is 68.1 Å². The number of alkyl halides is 3. The summed E-state index contributed by atoms with van der Waals surface area (Å²) in [5, 5.41) is 5.80. The molecule has 0 unspecified atom stereocenters. The number of benzene rings is 2. The molecule has 1 aliphatic rings. The number of nitrogens with zero attached hydrogens (tertiary/aromatic N) is 1. The summed E-state index contributed by atoms with van der Waals surface area (Å²) in [7, 11) is 0. The van der Waals surface area contributed by atoms with Crippen LogP contribution in [0.4, 0.5) is 18.9 Å². The van der Waals surface area contributed by atoms with Crippen LogP contribution in [0.1, 0.15) is 39.9 Å². The molecule has 0 spiro atoms. The van der Waals surface area contributed by atoms with Gasteiger partial charge in [-0.25, -0.2) is 4.99 Å². The maximum absolute atomic E-state index is 12.8. The van der Waals surface area contributed by atoms with E-state index in [4.69, 9.17) is 4.74 Å². The Morgan fingerprint density at radius 2 is 1.90 bits per heavy atom. The quantitative estimate of drug-likeness (QED) is 0.558. The van der Waals surface area contributed by atoms with Crippen molar-refractivity contribution < 1.29 is 22.7 Å². The van der Waals surface area contributed by atoms with Crippen LogP contribution in [0.25, 0.3) is 0 Å². The number of rotatable bonds is 4. The second-order valence-electron chi connectivity index (χ2n) is 7.23. The van der Waals surface area contributed by atoms with Gasteiger partial charge in [0.15, 0.2) is 0 Å². The minimum atomic E-state index is -4.45. The van der Waals surface area contributed by atoms with Crippen LogP contribution in [0.2, 0.25) is 0 Å². The van der Waals surface area contributed by atoms with Crippen molar-refractivity contribution in [1.29, 1.82) is 0 Å². The standard InChI is InChI=1S/C22H24F3N3O2/c1-14-5-3-7-19(15(14)2)27-21(26-13-18-6-4-12-30-18)28-20(29)16-8-10-17(11-9-16)22(23,24)25/h3,5,7-11,18H,4,6,12-13H2,1-2H3,(H2,26,27,28,29)/t18-/m0/s1. The molecule has 8 heteroatoms. The predicted molar refractivity (Wildman–Crippen MR) is 110 cm³/mol. The third-order valence-electron chi connectivity index (χ3n) is 5.04. The highest BCUT2D eigenvalue weighted by Crippen LogP contribution is 2.29. The average Bonchev–Trinajstić information content (AvgIpc) is 3.22. The highest BCUT2D eigenvalue weighted by molar-refractivity contribution is 6.10. The lowest BCUT2D eigenvalue weighted by Gasteiger charge is -2.16. The summed E-state index contributed by atoms with van der Waals surface area (Å²) in [5.74, 6) is -0.322. The predicted octanol–water partition coefficient (Wildman–Crippen LogP) is 4.70. The molecule has 1 fully saturated rings. The van der Waals surface area contributed by atoms with Crippen LogP contribution in [0, 0.1) is 13.8 Å². The Labute approximate surface area is 173 Å². The van der Waals surface area contributed by atoms with Gasteiger partial charge < -0.3 is 10.1 Å². The van der Waals surface area contributed by atoms with E-state index in [9.17, 15) is 18.0 Å². The first-order valence-corrected chi connectivity index (χ1v) is 9.72. The maximum Gasteiger partial charge on any atom is 0.416 e. The van der Waals surface area contributed by atoms with Crippen LogP contribution in [-0.2, 0) is 10.9 Å². The smallest absolute Gasteiger partial charge is 0.376 e. The lowest BCUT2D eigenvalue weighted by atomic mass is 10.1. The number of nitrogens with one attached hydrogen (secondary N) is 2. The Hall–Kier alpha value is -2.87. The van der Waals surface area contributed by atoms with Crippen molar-refractivity contribution in [3.63, 3.8) is 0 Å². The fourth-order valence-electron chi connectivity index (χ4n) is 3.10. The van der Waals surface area contributed by atoms with Gasteiger partial charge in [0.1, 0.15) is 0 Å². The zero-order valence-corrected chi connectivity index (χ0v) is 16.8. The van der Waals surface area contributed by atoms with E-state index in [1.54, 1.807) is 0 Å². The van der Waals surface area contributed by atoms with Gasteiger partial charge in [0.2, 0.25) is 5.96 Å². The Balaban J connectivity index is 1.77. The van der Waals surface area contributed by atoms with Gasteiger partial charge in [-0.2, -0.15) is 13.2 Å². The highest BCUT2D eigenvalue weighted by Gasteiger charge is 2.30. The molecule has 2 N–H and O–H groups in total. The fourth-order valence-corrected chi connectivity index (χ4v) is 3.10. The number of guanidine groups is 1. The number of hydrogen-bond donors (Lipinski definition) is 2. The first-order valence-electron chi connectivity index (χ1n) is 9.72. The molecular weight excluding hydrogens is 395 g/mol. The molecule has 0 bridgehead atoms. The Bertz CT molecular complexity index is 918. The summed E-state index contributed by atoms with van der Waals surface area (Å²) in [6.45, 7) is 5.00. The van der Waals surface area contributed by atoms with Gasteiger partial charge in [0.05, 0.1) is 18.2 Å². The lowest BCUT2D eigenvalue weighted by molar-refractivity contribution is -0.137. The molecule has 1 saturated heterocycles. The minimum Gasteiger partial charge on any atom is -0.376 e. The third kappa shape index (κ3) is 5.60. The second kappa shape index (κ2) is 9.30. The van der Waals surface area contributed by atoms with Gasteiger partial charge in [0, 0.05) is 17.9 Å². The van der Waals surface area contributed by atoms with Gasteiger partial charge in [-0.1, -0.05) is 12.1 Å². The van der Waals surface area contributed by atoms with Crippen LogP contribution in [-0.4, -0.2) is 31.1 Å². The third-order valence-corrected chi connectivity index (χ3v) is 5.04. The molecule has 0 aliphatic carbocycles. The van der Waals surface area contributed by atoms with E-state index in [0.717, 1.165) is 53.9 Å². The van der Waals surface area contributed by atoms with Crippen molar-refractivity contribution in [2.75, 3.05) is 18.5 Å². The van der Waals surface area contributed by atoms with Gasteiger partial charge in [0.25, 0.3) is 5.91 Å². The van der Waals surface area contributed by atoms with Crippen molar-refractivity contribution >= 4 is 17.6 Å². The molecule has 1 heterocycles. The Kier molecular flexibility index (Phi) is 6.77. The van der Waals surface area contributed by atoms with Crippen LogP contribution in [0.3, 0.4) is 0 Å². The molecule has 2 aromatic rings. The van der Waals surface area contributed by atoms with Crippen molar-refractivity contribution in [3.8, 4) is 0 Å². The monoisotopic (exact) mass is 419 g/mol. The summed E-state index contributed by atoms with van der Waals surface area (Å²) < 4.78 is 43.8. The second-order valence-corrected chi connectivity index (χ2v) is 7.23. The molecule has 5 nitrogen and oxygen atoms in total. The lowest BCUT2D eigenvalue weighted by Crippen LogP contribution is -2.37. The van der Waals surface area contributed by atoms with E-state index in [2.05, 4.69) is 15.6 Å². The topological polar surface area (TPSA) is 62.7 Å². The minimum absolute atomic E-state index is 0.0108. The number of carbonyl (C=O) groups is 1. The molecule has 1 atom stereocenters. The molecule has 1 amide bonds. The molecular formula is C22H24F3N3O2. The van der Waals surface area contributed by atoms with Crippen LogP contribution in [0.5, 0.6) is 0 Å².